The Labute approximate surface area is 127 Å². The topological polar surface area (TPSA) is 33.2 Å². The molecule has 5 heteroatoms. The first kappa shape index (κ1) is 14.1. The van der Waals surface area contributed by atoms with Crippen LogP contribution in [-0.2, 0) is 17.9 Å². The van der Waals surface area contributed by atoms with Crippen LogP contribution in [0.2, 0.25) is 0 Å². The Morgan fingerprint density at radius 3 is 2.90 bits per heavy atom. The van der Waals surface area contributed by atoms with Crippen molar-refractivity contribution in [2.24, 2.45) is 0 Å². The Balaban J connectivity index is 1.51. The lowest BCUT2D eigenvalue weighted by Gasteiger charge is -2.14. The van der Waals surface area contributed by atoms with Gasteiger partial charge in [0.15, 0.2) is 0 Å². The molecule has 21 heavy (non-hydrogen) atoms. The monoisotopic (exact) mass is 302 g/mol. The van der Waals surface area contributed by atoms with Crippen molar-refractivity contribution >= 4 is 17.7 Å². The van der Waals surface area contributed by atoms with E-state index < -0.39 is 0 Å². The van der Waals surface area contributed by atoms with Gasteiger partial charge in [-0.25, -0.2) is 9.37 Å². The average Bonchev–Trinajstić information content (AvgIpc) is 2.91. The smallest absolute Gasteiger partial charge is 0.224 e. The zero-order valence-electron chi connectivity index (χ0n) is 11.5. The first-order chi connectivity index (χ1) is 10.2. The second-order valence-corrected chi connectivity index (χ2v) is 6.04. The summed E-state index contributed by atoms with van der Waals surface area (Å²) in [6.45, 7) is 1.10. The summed E-state index contributed by atoms with van der Waals surface area (Å²) in [5, 5.41) is 0.928. The first-order valence-corrected chi connectivity index (χ1v) is 7.80. The number of nitrogens with zero attached hydrogens (tertiary/aromatic N) is 2. The fraction of sp³-hybridized carbons (Fsp3) is 0.250. The molecule has 0 atom stereocenters. The molecule has 3 rings (SSSR count). The minimum Gasteiger partial charge on any atom is -0.334 e. The van der Waals surface area contributed by atoms with Gasteiger partial charge in [0, 0.05) is 31.5 Å². The molecule has 3 nitrogen and oxygen atoms in total. The van der Waals surface area contributed by atoms with Crippen molar-refractivity contribution in [2.45, 2.75) is 24.5 Å². The number of carbonyl (C=O) groups excluding carboxylic acids is 1. The molecule has 0 aliphatic carbocycles. The van der Waals surface area contributed by atoms with E-state index >= 15 is 0 Å². The highest BCUT2D eigenvalue weighted by molar-refractivity contribution is 7.99. The third-order valence-electron chi connectivity index (χ3n) is 3.45. The molecule has 0 unspecified atom stereocenters. The van der Waals surface area contributed by atoms with Crippen LogP contribution in [0.25, 0.3) is 0 Å². The number of halogens is 1. The SMILES string of the molecule is O=C(CCSc1ccccn1)N1Cc2ccc(F)cc2C1. The maximum Gasteiger partial charge on any atom is 0.224 e. The van der Waals surface area contributed by atoms with Crippen molar-refractivity contribution in [3.05, 3.63) is 59.5 Å². The predicted molar refractivity (Wildman–Crippen MR) is 80.2 cm³/mol. The minimum absolute atomic E-state index is 0.107. The maximum atomic E-state index is 13.2. The van der Waals surface area contributed by atoms with Crippen LogP contribution in [0.4, 0.5) is 4.39 Å². The molecule has 0 bridgehead atoms. The number of amides is 1. The highest BCUT2D eigenvalue weighted by Crippen LogP contribution is 2.24. The third kappa shape index (κ3) is 3.42. The second-order valence-electron chi connectivity index (χ2n) is 4.93. The van der Waals surface area contributed by atoms with Crippen molar-refractivity contribution in [3.8, 4) is 0 Å². The average molecular weight is 302 g/mol. The van der Waals surface area contributed by atoms with Crippen LogP contribution >= 0.6 is 11.8 Å². The molecule has 108 valence electrons. The van der Waals surface area contributed by atoms with Crippen molar-refractivity contribution in [1.29, 1.82) is 0 Å². The molecule has 2 heterocycles. The summed E-state index contributed by atoms with van der Waals surface area (Å²) in [5.74, 6) is 0.570. The summed E-state index contributed by atoms with van der Waals surface area (Å²) in [4.78, 5) is 18.2. The number of hydrogen-bond donors (Lipinski definition) is 0. The number of carbonyl (C=O) groups is 1. The Bertz CT molecular complexity index is 648. The molecule has 0 spiro atoms. The van der Waals surface area contributed by atoms with Gasteiger partial charge < -0.3 is 4.90 Å². The van der Waals surface area contributed by atoms with Crippen molar-refractivity contribution in [2.75, 3.05) is 5.75 Å². The summed E-state index contributed by atoms with van der Waals surface area (Å²) >= 11 is 1.58. The van der Waals surface area contributed by atoms with Gasteiger partial charge in [-0.2, -0.15) is 0 Å². The van der Waals surface area contributed by atoms with E-state index in [1.54, 1.807) is 28.9 Å². The maximum absolute atomic E-state index is 13.2. The summed E-state index contributed by atoms with van der Waals surface area (Å²) in [5.41, 5.74) is 1.96. The lowest BCUT2D eigenvalue weighted by molar-refractivity contribution is -0.131. The number of pyridine rings is 1. The van der Waals surface area contributed by atoms with E-state index in [0.717, 1.165) is 16.2 Å². The molecule has 0 radical (unpaired) electrons. The number of hydrogen-bond acceptors (Lipinski definition) is 3. The molecular weight excluding hydrogens is 287 g/mol. The molecule has 1 amide bonds. The van der Waals surface area contributed by atoms with E-state index in [-0.39, 0.29) is 11.7 Å². The lowest BCUT2D eigenvalue weighted by atomic mass is 10.1. The zero-order valence-corrected chi connectivity index (χ0v) is 12.3. The highest BCUT2D eigenvalue weighted by atomic mass is 32.2. The van der Waals surface area contributed by atoms with Crippen molar-refractivity contribution in [3.63, 3.8) is 0 Å². The van der Waals surface area contributed by atoms with Gasteiger partial charge in [-0.15, -0.1) is 11.8 Å². The van der Waals surface area contributed by atoms with Crippen LogP contribution in [0.1, 0.15) is 17.5 Å². The van der Waals surface area contributed by atoms with E-state index in [1.165, 1.54) is 12.1 Å². The molecule has 0 fully saturated rings. The van der Waals surface area contributed by atoms with Crippen LogP contribution in [-0.4, -0.2) is 21.5 Å². The first-order valence-electron chi connectivity index (χ1n) is 6.81. The van der Waals surface area contributed by atoms with Crippen molar-refractivity contribution in [1.82, 2.24) is 9.88 Å². The molecule has 1 aliphatic heterocycles. The predicted octanol–water partition coefficient (Wildman–Crippen LogP) is 3.25. The molecule has 1 aromatic heterocycles. The summed E-state index contributed by atoms with van der Waals surface area (Å²) in [7, 11) is 0. The van der Waals surface area contributed by atoms with Crippen LogP contribution in [0, 0.1) is 5.82 Å². The highest BCUT2D eigenvalue weighted by Gasteiger charge is 2.23. The normalized spacial score (nSPS) is 13.3. The van der Waals surface area contributed by atoms with E-state index in [4.69, 9.17) is 0 Å². The van der Waals surface area contributed by atoms with E-state index in [0.29, 0.717) is 25.3 Å². The fourth-order valence-electron chi connectivity index (χ4n) is 2.37. The van der Waals surface area contributed by atoms with Gasteiger partial charge in [-0.3, -0.25) is 4.79 Å². The van der Waals surface area contributed by atoms with E-state index in [2.05, 4.69) is 4.98 Å². The van der Waals surface area contributed by atoms with Gasteiger partial charge in [-0.1, -0.05) is 12.1 Å². The largest absolute Gasteiger partial charge is 0.334 e. The number of rotatable bonds is 4. The van der Waals surface area contributed by atoms with E-state index in [1.807, 2.05) is 18.2 Å². The second kappa shape index (κ2) is 6.26. The van der Waals surface area contributed by atoms with Gasteiger partial charge in [0.2, 0.25) is 5.91 Å². The molecule has 0 saturated carbocycles. The molecule has 2 aromatic rings. The van der Waals surface area contributed by atoms with Crippen molar-refractivity contribution < 1.29 is 9.18 Å². The van der Waals surface area contributed by atoms with Crippen LogP contribution < -0.4 is 0 Å². The third-order valence-corrected chi connectivity index (χ3v) is 4.39. The van der Waals surface area contributed by atoms with Gasteiger partial charge in [0.05, 0.1) is 5.03 Å². The standard InChI is InChI=1S/C16H15FN2OS/c17-14-5-4-12-10-19(11-13(12)9-14)16(20)6-8-21-15-3-1-2-7-18-15/h1-5,7,9H,6,8,10-11H2. The Morgan fingerprint density at radius 2 is 2.10 bits per heavy atom. The summed E-state index contributed by atoms with van der Waals surface area (Å²) in [6.07, 6.45) is 2.22. The molecule has 0 saturated heterocycles. The number of aromatic nitrogens is 1. The fourth-order valence-corrected chi connectivity index (χ4v) is 3.17. The molecular formula is C16H15FN2OS. The minimum atomic E-state index is -0.242. The van der Waals surface area contributed by atoms with Gasteiger partial charge in [-0.05, 0) is 35.4 Å². The van der Waals surface area contributed by atoms with Crippen LogP contribution in [0.15, 0.2) is 47.6 Å². The number of thioether (sulfide) groups is 1. The van der Waals surface area contributed by atoms with Crippen LogP contribution in [0.5, 0.6) is 0 Å². The Morgan fingerprint density at radius 1 is 1.24 bits per heavy atom. The quantitative estimate of drug-likeness (QED) is 0.813. The molecule has 1 aromatic carbocycles. The Kier molecular flexibility index (Phi) is 4.20. The van der Waals surface area contributed by atoms with Gasteiger partial charge >= 0.3 is 0 Å². The van der Waals surface area contributed by atoms with E-state index in [9.17, 15) is 9.18 Å². The number of benzene rings is 1. The molecule has 0 N–H and O–H groups in total. The summed E-state index contributed by atoms with van der Waals surface area (Å²) in [6, 6.07) is 10.5. The lowest BCUT2D eigenvalue weighted by Crippen LogP contribution is -2.25. The van der Waals surface area contributed by atoms with Gasteiger partial charge in [0.25, 0.3) is 0 Å². The van der Waals surface area contributed by atoms with Crippen LogP contribution in [0.3, 0.4) is 0 Å². The number of fused-ring (bicyclic) bond motifs is 1. The zero-order chi connectivity index (χ0) is 14.7. The molecule has 1 aliphatic rings. The Hall–Kier alpha value is -1.88. The van der Waals surface area contributed by atoms with Gasteiger partial charge in [0.1, 0.15) is 5.82 Å². The summed E-state index contributed by atoms with van der Waals surface area (Å²) < 4.78 is 13.2.